The maximum absolute atomic E-state index is 5.80. The Morgan fingerprint density at radius 2 is 1.82 bits per heavy atom. The van der Waals surface area contributed by atoms with Gasteiger partial charge in [-0.05, 0) is 24.6 Å². The lowest BCUT2D eigenvalue weighted by atomic mass is 10.1. The monoisotopic (exact) mass is 265 g/mol. The van der Waals surface area contributed by atoms with E-state index in [-0.39, 0.29) is 0 Å². The van der Waals surface area contributed by atoms with Crippen LogP contribution in [-0.4, -0.2) is 22.3 Å². The molecule has 1 aromatic heterocycles. The van der Waals surface area contributed by atoms with Crippen LogP contribution in [-0.2, 0) is 7.05 Å². The van der Waals surface area contributed by atoms with E-state index in [0.717, 1.165) is 11.3 Å². The van der Waals surface area contributed by atoms with Gasteiger partial charge in [0.15, 0.2) is 0 Å². The second-order valence-corrected chi connectivity index (χ2v) is 5.34. The van der Waals surface area contributed by atoms with Crippen LogP contribution >= 0.6 is 23.5 Å². The number of hydrogen-bond acceptors (Lipinski definition) is 4. The van der Waals surface area contributed by atoms with Crippen LogP contribution in [0.1, 0.15) is 0 Å². The summed E-state index contributed by atoms with van der Waals surface area (Å²) in [5.74, 6) is 0.680. The van der Waals surface area contributed by atoms with Crippen LogP contribution < -0.4 is 5.73 Å². The summed E-state index contributed by atoms with van der Waals surface area (Å²) in [5, 5.41) is 4.39. The second kappa shape index (κ2) is 5.06. The van der Waals surface area contributed by atoms with Crippen LogP contribution in [0, 0.1) is 0 Å². The van der Waals surface area contributed by atoms with E-state index < -0.39 is 0 Å². The van der Waals surface area contributed by atoms with E-state index in [9.17, 15) is 0 Å². The van der Waals surface area contributed by atoms with E-state index in [1.807, 2.05) is 13.1 Å². The molecule has 0 fully saturated rings. The van der Waals surface area contributed by atoms with Crippen molar-refractivity contribution in [1.29, 1.82) is 0 Å². The zero-order chi connectivity index (χ0) is 12.4. The largest absolute Gasteiger partial charge is 0.384 e. The SMILES string of the molecule is CSc1ccc(-c2cc(N)n(C)n2)cc1SC. The number of thioether (sulfide) groups is 2. The highest BCUT2D eigenvalue weighted by Crippen LogP contribution is 2.32. The van der Waals surface area contributed by atoms with Crippen LogP contribution in [0.3, 0.4) is 0 Å². The molecule has 3 nitrogen and oxygen atoms in total. The Bertz CT molecular complexity index is 515. The lowest BCUT2D eigenvalue weighted by Crippen LogP contribution is -1.96. The molecule has 0 aliphatic carbocycles. The summed E-state index contributed by atoms with van der Waals surface area (Å²) in [4.78, 5) is 2.57. The summed E-state index contributed by atoms with van der Waals surface area (Å²) < 4.78 is 1.69. The molecule has 1 heterocycles. The molecule has 2 aromatic rings. The van der Waals surface area contributed by atoms with Crippen molar-refractivity contribution in [3.8, 4) is 11.3 Å². The van der Waals surface area contributed by atoms with Gasteiger partial charge in [0.25, 0.3) is 0 Å². The number of anilines is 1. The molecule has 0 saturated carbocycles. The van der Waals surface area contributed by atoms with Gasteiger partial charge in [-0.3, -0.25) is 4.68 Å². The first-order chi connectivity index (χ1) is 8.15. The molecule has 2 N–H and O–H groups in total. The highest BCUT2D eigenvalue weighted by atomic mass is 32.2. The van der Waals surface area contributed by atoms with Gasteiger partial charge < -0.3 is 5.73 Å². The minimum absolute atomic E-state index is 0.680. The third kappa shape index (κ3) is 2.45. The lowest BCUT2D eigenvalue weighted by Gasteiger charge is -2.06. The smallest absolute Gasteiger partial charge is 0.121 e. The van der Waals surface area contributed by atoms with Gasteiger partial charge >= 0.3 is 0 Å². The zero-order valence-electron chi connectivity index (χ0n) is 10.1. The fourth-order valence-electron chi connectivity index (χ4n) is 1.62. The summed E-state index contributed by atoms with van der Waals surface area (Å²) in [6.45, 7) is 0. The number of benzene rings is 1. The van der Waals surface area contributed by atoms with E-state index in [4.69, 9.17) is 5.73 Å². The minimum atomic E-state index is 0.680. The Kier molecular flexibility index (Phi) is 3.69. The maximum Gasteiger partial charge on any atom is 0.121 e. The fraction of sp³-hybridized carbons (Fsp3) is 0.250. The van der Waals surface area contributed by atoms with Crippen molar-refractivity contribution in [2.75, 3.05) is 18.2 Å². The molecule has 0 radical (unpaired) electrons. The van der Waals surface area contributed by atoms with Crippen molar-refractivity contribution < 1.29 is 0 Å². The van der Waals surface area contributed by atoms with Gasteiger partial charge in [0, 0.05) is 28.5 Å². The summed E-state index contributed by atoms with van der Waals surface area (Å²) in [5.41, 5.74) is 7.83. The van der Waals surface area contributed by atoms with Crippen molar-refractivity contribution in [2.24, 2.45) is 7.05 Å². The molecule has 0 bridgehead atoms. The molecular formula is C12H15N3S2. The van der Waals surface area contributed by atoms with Gasteiger partial charge in [0.2, 0.25) is 0 Å². The van der Waals surface area contributed by atoms with Crippen molar-refractivity contribution in [1.82, 2.24) is 9.78 Å². The molecule has 0 unspecified atom stereocenters. The quantitative estimate of drug-likeness (QED) is 0.866. The van der Waals surface area contributed by atoms with Gasteiger partial charge in [-0.15, -0.1) is 23.5 Å². The molecule has 0 saturated heterocycles. The zero-order valence-corrected chi connectivity index (χ0v) is 11.7. The Balaban J connectivity index is 2.46. The lowest BCUT2D eigenvalue weighted by molar-refractivity contribution is 0.782. The number of hydrogen-bond donors (Lipinski definition) is 1. The number of nitrogen functional groups attached to an aromatic ring is 1. The van der Waals surface area contributed by atoms with Crippen molar-refractivity contribution in [2.45, 2.75) is 9.79 Å². The number of nitrogens with two attached hydrogens (primary N) is 1. The Morgan fingerprint density at radius 1 is 1.12 bits per heavy atom. The number of aromatic nitrogens is 2. The maximum atomic E-state index is 5.80. The van der Waals surface area contributed by atoms with Crippen LogP contribution in [0.5, 0.6) is 0 Å². The standard InChI is InChI=1S/C12H15N3S2/c1-15-12(13)7-9(14-15)8-4-5-10(16-2)11(6-8)17-3/h4-7H,13H2,1-3H3. The van der Waals surface area contributed by atoms with Gasteiger partial charge in [-0.1, -0.05) is 6.07 Å². The fourth-order valence-corrected chi connectivity index (χ4v) is 3.10. The van der Waals surface area contributed by atoms with Crippen molar-refractivity contribution in [3.63, 3.8) is 0 Å². The molecule has 17 heavy (non-hydrogen) atoms. The highest BCUT2D eigenvalue weighted by Gasteiger charge is 2.08. The van der Waals surface area contributed by atoms with Gasteiger partial charge in [0.1, 0.15) is 5.82 Å². The molecule has 1 aromatic carbocycles. The Labute approximate surface area is 110 Å². The summed E-state index contributed by atoms with van der Waals surface area (Å²) >= 11 is 3.51. The molecule has 0 aliphatic heterocycles. The molecule has 90 valence electrons. The molecule has 0 atom stereocenters. The van der Waals surface area contributed by atoms with Crippen LogP contribution in [0.4, 0.5) is 5.82 Å². The molecule has 5 heteroatoms. The van der Waals surface area contributed by atoms with E-state index in [1.54, 1.807) is 28.2 Å². The number of rotatable bonds is 3. The second-order valence-electron chi connectivity index (χ2n) is 3.65. The summed E-state index contributed by atoms with van der Waals surface area (Å²) in [6.07, 6.45) is 4.18. The van der Waals surface area contributed by atoms with Crippen LogP contribution in [0.25, 0.3) is 11.3 Å². The van der Waals surface area contributed by atoms with Gasteiger partial charge in [-0.25, -0.2) is 0 Å². The van der Waals surface area contributed by atoms with E-state index in [0.29, 0.717) is 5.82 Å². The third-order valence-electron chi connectivity index (χ3n) is 2.60. The summed E-state index contributed by atoms with van der Waals surface area (Å²) in [7, 11) is 1.85. The number of aryl methyl sites for hydroxylation is 1. The minimum Gasteiger partial charge on any atom is -0.384 e. The Hall–Kier alpha value is -1.07. The van der Waals surface area contributed by atoms with E-state index >= 15 is 0 Å². The highest BCUT2D eigenvalue weighted by molar-refractivity contribution is 8.01. The normalized spacial score (nSPS) is 10.8. The first kappa shape index (κ1) is 12.4. The van der Waals surface area contributed by atoms with E-state index in [1.165, 1.54) is 9.79 Å². The first-order valence-corrected chi connectivity index (χ1v) is 7.62. The molecule has 2 rings (SSSR count). The number of nitrogens with zero attached hydrogens (tertiary/aromatic N) is 2. The molecular weight excluding hydrogens is 250 g/mol. The summed E-state index contributed by atoms with van der Waals surface area (Å²) in [6, 6.07) is 8.29. The average Bonchev–Trinajstić information content (AvgIpc) is 2.68. The predicted octanol–water partition coefficient (Wildman–Crippen LogP) is 3.11. The molecule has 0 amide bonds. The molecule has 0 aliphatic rings. The predicted molar refractivity (Wildman–Crippen MR) is 76.6 cm³/mol. The Morgan fingerprint density at radius 3 is 2.35 bits per heavy atom. The van der Waals surface area contributed by atoms with Crippen LogP contribution in [0.2, 0.25) is 0 Å². The topological polar surface area (TPSA) is 43.8 Å². The molecule has 0 spiro atoms. The average molecular weight is 265 g/mol. The van der Waals surface area contributed by atoms with Crippen LogP contribution in [0.15, 0.2) is 34.1 Å². The van der Waals surface area contributed by atoms with E-state index in [2.05, 4.69) is 35.8 Å². The van der Waals surface area contributed by atoms with Gasteiger partial charge in [-0.2, -0.15) is 5.10 Å². The van der Waals surface area contributed by atoms with Crippen molar-refractivity contribution >= 4 is 29.3 Å². The third-order valence-corrected chi connectivity index (χ3v) is 4.30. The first-order valence-electron chi connectivity index (χ1n) is 5.17. The van der Waals surface area contributed by atoms with Crippen molar-refractivity contribution in [3.05, 3.63) is 24.3 Å². The van der Waals surface area contributed by atoms with Gasteiger partial charge in [0.05, 0.1) is 5.69 Å².